The van der Waals surface area contributed by atoms with Crippen LogP contribution in [-0.2, 0) is 9.47 Å². The van der Waals surface area contributed by atoms with Crippen LogP contribution in [-0.4, -0.2) is 38.0 Å². The summed E-state index contributed by atoms with van der Waals surface area (Å²) in [6.07, 6.45) is 7.16. The standard InChI is InChI=1S/C15H29NO2/c1-3-15(4-2)10-14(7-9-18-15)16-11-13-6-5-8-17-12-13/h13-14,16H,3-12H2,1-2H3. The van der Waals surface area contributed by atoms with Crippen LogP contribution in [0.25, 0.3) is 0 Å². The molecule has 106 valence electrons. The number of hydrogen-bond donors (Lipinski definition) is 1. The summed E-state index contributed by atoms with van der Waals surface area (Å²) in [4.78, 5) is 0. The quantitative estimate of drug-likeness (QED) is 0.819. The Kier molecular flexibility index (Phi) is 5.46. The minimum absolute atomic E-state index is 0.138. The second kappa shape index (κ2) is 6.88. The van der Waals surface area contributed by atoms with Gasteiger partial charge in [0.05, 0.1) is 12.2 Å². The summed E-state index contributed by atoms with van der Waals surface area (Å²) in [6, 6.07) is 0.639. The van der Waals surface area contributed by atoms with E-state index in [9.17, 15) is 0 Å². The van der Waals surface area contributed by atoms with E-state index in [0.29, 0.717) is 6.04 Å². The zero-order valence-electron chi connectivity index (χ0n) is 12.0. The Bertz CT molecular complexity index is 235. The van der Waals surface area contributed by atoms with Crippen LogP contribution < -0.4 is 5.32 Å². The van der Waals surface area contributed by atoms with Crippen LogP contribution in [0.4, 0.5) is 0 Å². The average Bonchev–Trinajstić information content (AvgIpc) is 2.46. The molecule has 2 rings (SSSR count). The summed E-state index contributed by atoms with van der Waals surface area (Å²) in [5, 5.41) is 3.75. The van der Waals surface area contributed by atoms with Crippen molar-refractivity contribution < 1.29 is 9.47 Å². The summed E-state index contributed by atoms with van der Waals surface area (Å²) >= 11 is 0. The first kappa shape index (κ1) is 14.3. The Balaban J connectivity index is 1.75. The predicted molar refractivity (Wildman–Crippen MR) is 73.8 cm³/mol. The van der Waals surface area contributed by atoms with Gasteiger partial charge in [-0.2, -0.15) is 0 Å². The van der Waals surface area contributed by atoms with Gasteiger partial charge in [0.1, 0.15) is 0 Å². The molecule has 0 bridgehead atoms. The fourth-order valence-electron chi connectivity index (χ4n) is 3.25. The molecule has 2 saturated heterocycles. The molecule has 3 nitrogen and oxygen atoms in total. The molecule has 18 heavy (non-hydrogen) atoms. The van der Waals surface area contributed by atoms with Crippen molar-refractivity contribution in [3.8, 4) is 0 Å². The lowest BCUT2D eigenvalue weighted by Gasteiger charge is -2.40. The number of rotatable bonds is 5. The van der Waals surface area contributed by atoms with Gasteiger partial charge in [-0.3, -0.25) is 0 Å². The number of nitrogens with one attached hydrogen (secondary N) is 1. The fourth-order valence-corrected chi connectivity index (χ4v) is 3.25. The summed E-state index contributed by atoms with van der Waals surface area (Å²) in [6.45, 7) is 8.45. The Morgan fingerprint density at radius 1 is 1.17 bits per heavy atom. The molecule has 2 atom stereocenters. The highest BCUT2D eigenvalue weighted by atomic mass is 16.5. The molecule has 0 radical (unpaired) electrons. The van der Waals surface area contributed by atoms with Crippen molar-refractivity contribution in [2.24, 2.45) is 5.92 Å². The van der Waals surface area contributed by atoms with Crippen LogP contribution in [0.3, 0.4) is 0 Å². The molecule has 0 aromatic rings. The van der Waals surface area contributed by atoms with E-state index in [0.717, 1.165) is 51.5 Å². The molecule has 0 spiro atoms. The number of ether oxygens (including phenoxy) is 2. The molecule has 0 saturated carbocycles. The van der Waals surface area contributed by atoms with E-state index in [1.165, 1.54) is 19.3 Å². The second-order valence-corrected chi connectivity index (χ2v) is 5.92. The molecule has 3 heteroatoms. The maximum absolute atomic E-state index is 6.02. The highest BCUT2D eigenvalue weighted by molar-refractivity contribution is 4.88. The van der Waals surface area contributed by atoms with Gasteiger partial charge in [-0.05, 0) is 44.4 Å². The van der Waals surface area contributed by atoms with Gasteiger partial charge in [0.25, 0.3) is 0 Å². The van der Waals surface area contributed by atoms with Crippen molar-refractivity contribution in [1.82, 2.24) is 5.32 Å². The van der Waals surface area contributed by atoms with Crippen molar-refractivity contribution in [1.29, 1.82) is 0 Å². The van der Waals surface area contributed by atoms with Crippen LogP contribution >= 0.6 is 0 Å². The lowest BCUT2D eigenvalue weighted by atomic mass is 9.85. The van der Waals surface area contributed by atoms with Crippen molar-refractivity contribution in [2.45, 2.75) is 64.0 Å². The van der Waals surface area contributed by atoms with E-state index < -0.39 is 0 Å². The molecule has 0 aromatic heterocycles. The molecule has 0 aliphatic carbocycles. The van der Waals surface area contributed by atoms with Crippen LogP contribution in [0, 0.1) is 5.92 Å². The predicted octanol–water partition coefficient (Wildman–Crippen LogP) is 2.74. The van der Waals surface area contributed by atoms with Crippen molar-refractivity contribution in [3.05, 3.63) is 0 Å². The zero-order chi connectivity index (χ0) is 12.8. The third-order valence-electron chi connectivity index (χ3n) is 4.73. The monoisotopic (exact) mass is 255 g/mol. The van der Waals surface area contributed by atoms with Crippen LogP contribution in [0.5, 0.6) is 0 Å². The van der Waals surface area contributed by atoms with Gasteiger partial charge >= 0.3 is 0 Å². The summed E-state index contributed by atoms with van der Waals surface area (Å²) in [7, 11) is 0. The van der Waals surface area contributed by atoms with Gasteiger partial charge in [0.15, 0.2) is 0 Å². The minimum atomic E-state index is 0.138. The van der Waals surface area contributed by atoms with Gasteiger partial charge in [0.2, 0.25) is 0 Å². The average molecular weight is 255 g/mol. The number of hydrogen-bond acceptors (Lipinski definition) is 3. The topological polar surface area (TPSA) is 30.5 Å². The Hall–Kier alpha value is -0.120. The zero-order valence-corrected chi connectivity index (χ0v) is 12.0. The second-order valence-electron chi connectivity index (χ2n) is 5.92. The van der Waals surface area contributed by atoms with Gasteiger partial charge in [0, 0.05) is 25.8 Å². The van der Waals surface area contributed by atoms with Crippen LogP contribution in [0.1, 0.15) is 52.4 Å². The molecule has 2 unspecified atom stereocenters. The lowest BCUT2D eigenvalue weighted by Crippen LogP contribution is -2.47. The molecule has 2 fully saturated rings. The fraction of sp³-hybridized carbons (Fsp3) is 1.00. The summed E-state index contributed by atoms with van der Waals surface area (Å²) < 4.78 is 11.6. The third-order valence-corrected chi connectivity index (χ3v) is 4.73. The lowest BCUT2D eigenvalue weighted by molar-refractivity contribution is -0.0937. The molecule has 2 heterocycles. The first-order valence-electron chi connectivity index (χ1n) is 7.73. The van der Waals surface area contributed by atoms with E-state index in [4.69, 9.17) is 9.47 Å². The third kappa shape index (κ3) is 3.69. The van der Waals surface area contributed by atoms with Crippen LogP contribution in [0.15, 0.2) is 0 Å². The normalized spacial score (nSPS) is 32.3. The van der Waals surface area contributed by atoms with E-state index in [1.54, 1.807) is 0 Å². The van der Waals surface area contributed by atoms with Gasteiger partial charge in [-0.15, -0.1) is 0 Å². The van der Waals surface area contributed by atoms with Crippen LogP contribution in [0.2, 0.25) is 0 Å². The molecule has 2 aliphatic rings. The SMILES string of the molecule is CCC1(CC)CC(NCC2CCCOC2)CCO1. The van der Waals surface area contributed by atoms with Gasteiger partial charge < -0.3 is 14.8 Å². The highest BCUT2D eigenvalue weighted by Crippen LogP contribution is 2.31. The van der Waals surface area contributed by atoms with E-state index in [1.807, 2.05) is 0 Å². The van der Waals surface area contributed by atoms with Crippen molar-refractivity contribution in [3.63, 3.8) is 0 Å². The molecular weight excluding hydrogens is 226 g/mol. The van der Waals surface area contributed by atoms with E-state index in [-0.39, 0.29) is 5.60 Å². The largest absolute Gasteiger partial charge is 0.381 e. The molecule has 2 aliphatic heterocycles. The Labute approximate surface area is 112 Å². The minimum Gasteiger partial charge on any atom is -0.381 e. The van der Waals surface area contributed by atoms with Gasteiger partial charge in [-0.25, -0.2) is 0 Å². The molecule has 0 amide bonds. The highest BCUT2D eigenvalue weighted by Gasteiger charge is 2.34. The first-order chi connectivity index (χ1) is 8.78. The van der Waals surface area contributed by atoms with E-state index in [2.05, 4.69) is 19.2 Å². The van der Waals surface area contributed by atoms with Crippen molar-refractivity contribution >= 4 is 0 Å². The smallest absolute Gasteiger partial charge is 0.0692 e. The van der Waals surface area contributed by atoms with Gasteiger partial charge in [-0.1, -0.05) is 13.8 Å². The maximum Gasteiger partial charge on any atom is 0.0692 e. The molecular formula is C15H29NO2. The summed E-state index contributed by atoms with van der Waals surface area (Å²) in [5.74, 6) is 0.722. The molecule has 0 aromatic carbocycles. The summed E-state index contributed by atoms with van der Waals surface area (Å²) in [5.41, 5.74) is 0.138. The van der Waals surface area contributed by atoms with Crippen molar-refractivity contribution in [2.75, 3.05) is 26.4 Å². The van der Waals surface area contributed by atoms with E-state index >= 15 is 0 Å². The maximum atomic E-state index is 6.02. The first-order valence-corrected chi connectivity index (χ1v) is 7.73. The Morgan fingerprint density at radius 2 is 2.00 bits per heavy atom. The Morgan fingerprint density at radius 3 is 2.67 bits per heavy atom. The molecule has 1 N–H and O–H groups in total.